The van der Waals surface area contributed by atoms with Gasteiger partial charge in [0.05, 0.1) is 6.61 Å². The lowest BCUT2D eigenvalue weighted by atomic mass is 10.3. The Morgan fingerprint density at radius 1 is 1.40 bits per heavy atom. The second-order valence-corrected chi connectivity index (χ2v) is 6.97. The molecular formula is C13H18FNO4S. The molecule has 0 bridgehead atoms. The first-order valence-corrected chi connectivity index (χ1v) is 7.92. The van der Waals surface area contributed by atoms with E-state index in [1.54, 1.807) is 0 Å². The van der Waals surface area contributed by atoms with E-state index >= 15 is 0 Å². The molecule has 1 aromatic rings. The number of ether oxygens (including phenoxy) is 2. The van der Waals surface area contributed by atoms with E-state index in [1.165, 1.54) is 35.6 Å². The van der Waals surface area contributed by atoms with Crippen LogP contribution >= 0.6 is 0 Å². The van der Waals surface area contributed by atoms with Gasteiger partial charge in [-0.05, 0) is 30.7 Å². The van der Waals surface area contributed by atoms with Gasteiger partial charge in [0.1, 0.15) is 23.4 Å². The van der Waals surface area contributed by atoms with E-state index in [1.807, 2.05) is 0 Å². The van der Waals surface area contributed by atoms with Crippen molar-refractivity contribution in [2.45, 2.75) is 11.7 Å². The zero-order valence-electron chi connectivity index (χ0n) is 11.3. The van der Waals surface area contributed by atoms with Gasteiger partial charge >= 0.3 is 0 Å². The Kier molecular flexibility index (Phi) is 4.95. The summed E-state index contributed by atoms with van der Waals surface area (Å²) in [5, 5.41) is -0.460. The molecule has 0 N–H and O–H groups in total. The van der Waals surface area contributed by atoms with E-state index in [4.69, 9.17) is 9.47 Å². The van der Waals surface area contributed by atoms with Crippen LogP contribution in [0.2, 0.25) is 0 Å². The number of halogens is 1. The fourth-order valence-electron chi connectivity index (χ4n) is 1.95. The summed E-state index contributed by atoms with van der Waals surface area (Å²) in [6.45, 7) is 1.21. The molecule has 112 valence electrons. The zero-order chi connectivity index (χ0) is 14.6. The van der Waals surface area contributed by atoms with Gasteiger partial charge in [0, 0.05) is 20.2 Å². The first kappa shape index (κ1) is 15.2. The summed E-state index contributed by atoms with van der Waals surface area (Å²) in [6.07, 6.45) is 0.533. The fraction of sp³-hybridized carbons (Fsp3) is 0.538. The molecule has 0 saturated carbocycles. The lowest BCUT2D eigenvalue weighted by Gasteiger charge is -2.20. The van der Waals surface area contributed by atoms with Crippen LogP contribution in [0, 0.1) is 5.82 Å². The largest absolute Gasteiger partial charge is 0.492 e. The van der Waals surface area contributed by atoms with Gasteiger partial charge in [0.2, 0.25) is 10.0 Å². The van der Waals surface area contributed by atoms with Crippen LogP contribution in [-0.2, 0) is 14.8 Å². The maximum absolute atomic E-state index is 12.7. The Morgan fingerprint density at radius 2 is 2.10 bits per heavy atom. The molecule has 1 heterocycles. The van der Waals surface area contributed by atoms with Crippen LogP contribution in [0.15, 0.2) is 24.3 Å². The van der Waals surface area contributed by atoms with E-state index in [0.29, 0.717) is 18.8 Å². The van der Waals surface area contributed by atoms with Crippen molar-refractivity contribution in [2.24, 2.45) is 0 Å². The Balaban J connectivity index is 1.82. The van der Waals surface area contributed by atoms with Gasteiger partial charge in [-0.1, -0.05) is 0 Å². The molecular weight excluding hydrogens is 285 g/mol. The third-order valence-electron chi connectivity index (χ3n) is 3.23. The monoisotopic (exact) mass is 303 g/mol. The van der Waals surface area contributed by atoms with Gasteiger partial charge in [-0.25, -0.2) is 17.1 Å². The maximum atomic E-state index is 12.7. The van der Waals surface area contributed by atoms with Crippen LogP contribution in [0.3, 0.4) is 0 Å². The van der Waals surface area contributed by atoms with Crippen molar-refractivity contribution in [1.29, 1.82) is 0 Å². The van der Waals surface area contributed by atoms with Gasteiger partial charge in [-0.15, -0.1) is 0 Å². The summed E-state index contributed by atoms with van der Waals surface area (Å²) in [6, 6.07) is 5.61. The van der Waals surface area contributed by atoms with Crippen molar-refractivity contribution in [3.05, 3.63) is 30.1 Å². The zero-order valence-corrected chi connectivity index (χ0v) is 12.1. The Labute approximate surface area is 118 Å². The van der Waals surface area contributed by atoms with Gasteiger partial charge in [0.25, 0.3) is 0 Å². The Hall–Kier alpha value is -1.18. The summed E-state index contributed by atoms with van der Waals surface area (Å²) in [5.41, 5.74) is 0. The molecule has 0 amide bonds. The van der Waals surface area contributed by atoms with Crippen LogP contribution in [0.5, 0.6) is 5.75 Å². The molecule has 0 spiro atoms. The van der Waals surface area contributed by atoms with Gasteiger partial charge in [-0.2, -0.15) is 0 Å². The Bertz CT molecular complexity index is 526. The fourth-order valence-corrected chi connectivity index (χ4v) is 3.45. The SMILES string of the molecule is CN(CCOc1ccc(F)cc1)S(=O)(=O)[C@H]1CCOC1. The van der Waals surface area contributed by atoms with Crippen LogP contribution < -0.4 is 4.74 Å². The van der Waals surface area contributed by atoms with Crippen LogP contribution in [0.4, 0.5) is 4.39 Å². The second-order valence-electron chi connectivity index (χ2n) is 4.65. The second kappa shape index (κ2) is 6.51. The molecule has 1 aromatic carbocycles. The van der Waals surface area contributed by atoms with Crippen molar-refractivity contribution in [3.63, 3.8) is 0 Å². The average molecular weight is 303 g/mol. The number of hydrogen-bond donors (Lipinski definition) is 0. The number of benzene rings is 1. The average Bonchev–Trinajstić information content (AvgIpc) is 2.95. The third-order valence-corrected chi connectivity index (χ3v) is 5.50. The van der Waals surface area contributed by atoms with Crippen molar-refractivity contribution < 1.29 is 22.3 Å². The number of sulfonamides is 1. The highest BCUT2D eigenvalue weighted by Gasteiger charge is 2.32. The number of rotatable bonds is 6. The van der Waals surface area contributed by atoms with Crippen molar-refractivity contribution >= 4 is 10.0 Å². The van der Waals surface area contributed by atoms with Crippen molar-refractivity contribution in [2.75, 3.05) is 33.4 Å². The first-order valence-electron chi connectivity index (χ1n) is 6.41. The normalized spacial score (nSPS) is 19.4. The molecule has 1 fully saturated rings. The van der Waals surface area contributed by atoms with Gasteiger partial charge in [0.15, 0.2) is 0 Å². The minimum absolute atomic E-state index is 0.217. The molecule has 0 radical (unpaired) electrons. The number of hydrogen-bond acceptors (Lipinski definition) is 4. The van der Waals surface area contributed by atoms with Gasteiger partial charge < -0.3 is 9.47 Å². The summed E-state index contributed by atoms with van der Waals surface area (Å²) in [5.74, 6) is 0.180. The van der Waals surface area contributed by atoms with Crippen LogP contribution in [-0.4, -0.2) is 51.4 Å². The smallest absolute Gasteiger partial charge is 0.219 e. The molecule has 20 heavy (non-hydrogen) atoms. The highest BCUT2D eigenvalue weighted by atomic mass is 32.2. The van der Waals surface area contributed by atoms with Gasteiger partial charge in [-0.3, -0.25) is 0 Å². The molecule has 1 atom stereocenters. The first-order chi connectivity index (χ1) is 9.50. The lowest BCUT2D eigenvalue weighted by Crippen LogP contribution is -2.38. The highest BCUT2D eigenvalue weighted by molar-refractivity contribution is 7.89. The molecule has 0 aromatic heterocycles. The molecule has 5 nitrogen and oxygen atoms in total. The summed E-state index contributed by atoms with van der Waals surface area (Å²) in [4.78, 5) is 0. The summed E-state index contributed by atoms with van der Waals surface area (Å²) < 4.78 is 48.8. The van der Waals surface area contributed by atoms with E-state index in [2.05, 4.69) is 0 Å². The van der Waals surface area contributed by atoms with E-state index in [0.717, 1.165) is 0 Å². The van der Waals surface area contributed by atoms with Crippen LogP contribution in [0.25, 0.3) is 0 Å². The Morgan fingerprint density at radius 3 is 2.70 bits per heavy atom. The molecule has 0 aliphatic carbocycles. The number of likely N-dealkylation sites (N-methyl/N-ethyl adjacent to an activating group) is 1. The van der Waals surface area contributed by atoms with E-state index in [9.17, 15) is 12.8 Å². The predicted octanol–water partition coefficient (Wildman–Crippen LogP) is 1.25. The molecule has 7 heteroatoms. The van der Waals surface area contributed by atoms with Crippen molar-refractivity contribution in [1.82, 2.24) is 4.31 Å². The molecule has 1 aliphatic heterocycles. The van der Waals surface area contributed by atoms with Crippen LogP contribution in [0.1, 0.15) is 6.42 Å². The lowest BCUT2D eigenvalue weighted by molar-refractivity contribution is 0.197. The topological polar surface area (TPSA) is 55.8 Å². The predicted molar refractivity (Wildman–Crippen MR) is 72.7 cm³/mol. The highest BCUT2D eigenvalue weighted by Crippen LogP contribution is 2.17. The third kappa shape index (κ3) is 3.68. The quantitative estimate of drug-likeness (QED) is 0.794. The minimum atomic E-state index is -3.33. The summed E-state index contributed by atoms with van der Waals surface area (Å²) in [7, 11) is -1.80. The van der Waals surface area contributed by atoms with Crippen molar-refractivity contribution in [3.8, 4) is 5.75 Å². The number of nitrogens with zero attached hydrogens (tertiary/aromatic N) is 1. The minimum Gasteiger partial charge on any atom is -0.492 e. The molecule has 1 saturated heterocycles. The summed E-state index contributed by atoms with van der Waals surface area (Å²) >= 11 is 0. The van der Waals surface area contributed by atoms with E-state index < -0.39 is 15.3 Å². The molecule has 0 unspecified atom stereocenters. The van der Waals surface area contributed by atoms with E-state index in [-0.39, 0.29) is 25.6 Å². The molecule has 2 rings (SSSR count). The maximum Gasteiger partial charge on any atom is 0.219 e. The molecule has 1 aliphatic rings. The standard InChI is InChI=1S/C13H18FNO4S/c1-15(20(16,17)13-6-8-18-10-13)7-9-19-12-4-2-11(14)3-5-12/h2-5,13H,6-10H2,1H3/t13-/m0/s1.